The average molecular weight is 497 g/mol. The number of nitrogens with one attached hydrogen (secondary N) is 1. The van der Waals surface area contributed by atoms with E-state index in [1.165, 1.54) is 50.6 Å². The van der Waals surface area contributed by atoms with Crippen LogP contribution in [0.5, 0.6) is 0 Å². The Morgan fingerprint density at radius 3 is 2.57 bits per heavy atom. The minimum Gasteiger partial charge on any atom is -0.419 e. The van der Waals surface area contributed by atoms with Crippen LogP contribution in [0.4, 0.5) is 5.69 Å². The van der Waals surface area contributed by atoms with Gasteiger partial charge in [0.1, 0.15) is 4.88 Å². The van der Waals surface area contributed by atoms with E-state index < -0.39 is 17.7 Å². The quantitative estimate of drug-likeness (QED) is 0.325. The topological polar surface area (TPSA) is 102 Å². The lowest BCUT2D eigenvalue weighted by atomic mass is 9.94. The highest BCUT2D eigenvalue weighted by Gasteiger charge is 2.39. The van der Waals surface area contributed by atoms with Gasteiger partial charge >= 0.3 is 11.9 Å². The number of anilines is 1. The third-order valence-electron chi connectivity index (χ3n) is 6.62. The molecule has 2 aromatic heterocycles. The molecule has 0 bridgehead atoms. The zero-order valence-corrected chi connectivity index (χ0v) is 21.0. The van der Waals surface area contributed by atoms with Crippen molar-refractivity contribution in [3.05, 3.63) is 40.5 Å². The lowest BCUT2D eigenvalue weighted by molar-refractivity contribution is -0.222. The molecule has 0 unspecified atom stereocenters. The summed E-state index contributed by atoms with van der Waals surface area (Å²) in [4.78, 5) is 45.7. The van der Waals surface area contributed by atoms with Crippen LogP contribution < -0.4 is 5.32 Å². The van der Waals surface area contributed by atoms with Gasteiger partial charge in [0.25, 0.3) is 11.7 Å². The van der Waals surface area contributed by atoms with Crippen molar-refractivity contribution >= 4 is 50.9 Å². The number of carbonyl (C=O) groups excluding carboxylic acids is 3. The van der Waals surface area contributed by atoms with Crippen molar-refractivity contribution < 1.29 is 23.9 Å². The van der Waals surface area contributed by atoms with Crippen LogP contribution in [0.1, 0.15) is 61.3 Å². The number of ether oxygens (including phenoxy) is 2. The van der Waals surface area contributed by atoms with Crippen molar-refractivity contribution in [3.8, 4) is 0 Å². The number of rotatable bonds is 4. The van der Waals surface area contributed by atoms with Crippen LogP contribution in [0.25, 0.3) is 16.0 Å². The molecule has 1 aliphatic carbocycles. The standard InChI is InChI=1S/C25H28N4O5S/c1-14-20(21(30)28(4)16-8-6-5-7-9-16)35-24-27-18-11-10-15(12-19(18)29(14)24)26-13-17-22(31)33-25(2,3)34-23(17)32/h10-13,16,26H,5-9H2,1-4H3. The fourth-order valence-corrected chi connectivity index (χ4v) is 5.85. The third-order valence-corrected chi connectivity index (χ3v) is 7.75. The second-order valence-electron chi connectivity index (χ2n) is 9.54. The Hall–Kier alpha value is -3.40. The number of imidazole rings is 1. The minimum atomic E-state index is -1.29. The Balaban J connectivity index is 1.43. The number of aromatic nitrogens is 2. The molecule has 9 nitrogen and oxygen atoms in total. The zero-order chi connectivity index (χ0) is 24.9. The van der Waals surface area contributed by atoms with Crippen molar-refractivity contribution in [2.24, 2.45) is 0 Å². The molecule has 1 aromatic carbocycles. The van der Waals surface area contributed by atoms with Gasteiger partial charge in [0.2, 0.25) is 0 Å². The van der Waals surface area contributed by atoms with Gasteiger partial charge in [-0.1, -0.05) is 30.6 Å². The number of hydrogen-bond acceptors (Lipinski definition) is 8. The predicted molar refractivity (Wildman–Crippen MR) is 132 cm³/mol. The van der Waals surface area contributed by atoms with E-state index in [0.29, 0.717) is 10.6 Å². The first-order valence-electron chi connectivity index (χ1n) is 11.8. The molecular weight excluding hydrogens is 468 g/mol. The highest BCUT2D eigenvalue weighted by molar-refractivity contribution is 7.19. The first kappa shape index (κ1) is 23.3. The fourth-order valence-electron chi connectivity index (χ4n) is 4.73. The molecule has 2 fully saturated rings. The molecule has 0 radical (unpaired) electrons. The largest absolute Gasteiger partial charge is 0.419 e. The van der Waals surface area contributed by atoms with E-state index in [0.717, 1.165) is 34.5 Å². The third kappa shape index (κ3) is 4.27. The van der Waals surface area contributed by atoms with Crippen LogP contribution in [0, 0.1) is 6.92 Å². The lowest BCUT2D eigenvalue weighted by Gasteiger charge is -2.31. The summed E-state index contributed by atoms with van der Waals surface area (Å²) >= 11 is 1.40. The van der Waals surface area contributed by atoms with Gasteiger partial charge in [-0.15, -0.1) is 0 Å². The zero-order valence-electron chi connectivity index (χ0n) is 20.2. The van der Waals surface area contributed by atoms with E-state index in [2.05, 4.69) is 5.32 Å². The smallest absolute Gasteiger partial charge is 0.350 e. The molecule has 35 heavy (non-hydrogen) atoms. The Bertz CT molecular complexity index is 1360. The number of hydrogen-bond donors (Lipinski definition) is 1. The van der Waals surface area contributed by atoms with Crippen LogP contribution >= 0.6 is 11.3 Å². The molecule has 0 spiro atoms. The van der Waals surface area contributed by atoms with Crippen molar-refractivity contribution in [1.82, 2.24) is 14.3 Å². The Kier molecular flexibility index (Phi) is 5.79. The summed E-state index contributed by atoms with van der Waals surface area (Å²) in [5.74, 6) is -2.74. The summed E-state index contributed by atoms with van der Waals surface area (Å²) in [6, 6.07) is 5.81. The van der Waals surface area contributed by atoms with Crippen LogP contribution in [-0.4, -0.2) is 51.0 Å². The molecule has 1 amide bonds. The number of aryl methyl sites for hydroxylation is 1. The average Bonchev–Trinajstić information content (AvgIpc) is 3.33. The monoisotopic (exact) mass is 496 g/mol. The van der Waals surface area contributed by atoms with E-state index in [9.17, 15) is 14.4 Å². The lowest BCUT2D eigenvalue weighted by Crippen LogP contribution is -2.42. The maximum absolute atomic E-state index is 13.3. The van der Waals surface area contributed by atoms with Gasteiger partial charge in [-0.2, -0.15) is 0 Å². The van der Waals surface area contributed by atoms with Crippen molar-refractivity contribution in [2.75, 3.05) is 12.4 Å². The number of amides is 1. The van der Waals surface area contributed by atoms with E-state index in [-0.39, 0.29) is 17.5 Å². The Morgan fingerprint density at radius 2 is 1.89 bits per heavy atom. The fraction of sp³-hybridized carbons (Fsp3) is 0.440. The number of nitrogens with zero attached hydrogens (tertiary/aromatic N) is 3. The van der Waals surface area contributed by atoms with Crippen molar-refractivity contribution in [1.29, 1.82) is 0 Å². The highest BCUT2D eigenvalue weighted by atomic mass is 32.1. The molecule has 1 N–H and O–H groups in total. The second-order valence-corrected chi connectivity index (χ2v) is 10.5. The first-order chi connectivity index (χ1) is 16.6. The number of esters is 2. The number of benzene rings is 1. The molecule has 184 valence electrons. The minimum absolute atomic E-state index is 0.0364. The summed E-state index contributed by atoms with van der Waals surface area (Å²) in [6.07, 6.45) is 6.96. The molecule has 1 saturated carbocycles. The van der Waals surface area contributed by atoms with Crippen LogP contribution in [0.15, 0.2) is 30.0 Å². The molecule has 3 heterocycles. The highest BCUT2D eigenvalue weighted by Crippen LogP contribution is 2.32. The Morgan fingerprint density at radius 1 is 1.20 bits per heavy atom. The summed E-state index contributed by atoms with van der Waals surface area (Å²) in [7, 11) is 1.90. The van der Waals surface area contributed by atoms with Crippen LogP contribution in [0.3, 0.4) is 0 Å². The predicted octanol–water partition coefficient (Wildman–Crippen LogP) is 4.39. The number of carbonyl (C=O) groups is 3. The molecule has 5 rings (SSSR count). The maximum atomic E-state index is 13.3. The number of thiazole rings is 1. The van der Waals surface area contributed by atoms with Crippen LogP contribution in [0.2, 0.25) is 0 Å². The van der Waals surface area contributed by atoms with Gasteiger partial charge in [0.15, 0.2) is 10.5 Å². The maximum Gasteiger partial charge on any atom is 0.350 e. The van der Waals surface area contributed by atoms with Crippen molar-refractivity contribution in [3.63, 3.8) is 0 Å². The molecule has 0 atom stereocenters. The molecular formula is C25H28N4O5S. The van der Waals surface area contributed by atoms with Gasteiger partial charge < -0.3 is 19.7 Å². The molecule has 1 saturated heterocycles. The SMILES string of the molecule is Cc1c(C(=O)N(C)C2CCCCC2)sc2nc3ccc(NC=C4C(=O)OC(C)(C)OC4=O)cc3n12. The van der Waals surface area contributed by atoms with E-state index in [1.54, 1.807) is 6.07 Å². The molecule has 10 heteroatoms. The van der Waals surface area contributed by atoms with Crippen molar-refractivity contribution in [2.45, 2.75) is 64.7 Å². The molecule has 1 aliphatic heterocycles. The second kappa shape index (κ2) is 8.67. The van der Waals surface area contributed by atoms with E-state index in [1.807, 2.05) is 35.4 Å². The first-order valence-corrected chi connectivity index (χ1v) is 12.6. The Labute approximate surface area is 206 Å². The van der Waals surface area contributed by atoms with Gasteiger partial charge in [-0.05, 0) is 38.0 Å². The summed E-state index contributed by atoms with van der Waals surface area (Å²) in [6.45, 7) is 4.94. The van der Waals surface area contributed by atoms with Gasteiger partial charge in [-0.3, -0.25) is 9.20 Å². The number of fused-ring (bicyclic) bond motifs is 3. The van der Waals surface area contributed by atoms with E-state index >= 15 is 0 Å². The van der Waals surface area contributed by atoms with E-state index in [4.69, 9.17) is 14.5 Å². The van der Waals surface area contributed by atoms with Gasteiger partial charge in [-0.25, -0.2) is 14.6 Å². The van der Waals surface area contributed by atoms with Crippen LogP contribution in [-0.2, 0) is 19.1 Å². The normalized spacial score (nSPS) is 18.5. The molecule has 3 aromatic rings. The summed E-state index contributed by atoms with van der Waals surface area (Å²) < 4.78 is 12.2. The summed E-state index contributed by atoms with van der Waals surface area (Å²) in [5, 5.41) is 2.98. The molecule has 2 aliphatic rings. The summed E-state index contributed by atoms with van der Waals surface area (Å²) in [5.41, 5.74) is 2.89. The van der Waals surface area contributed by atoms with Gasteiger partial charge in [0, 0.05) is 44.5 Å². The van der Waals surface area contributed by atoms with Gasteiger partial charge in [0.05, 0.1) is 11.0 Å². The number of cyclic esters (lactones) is 2.